The van der Waals surface area contributed by atoms with Crippen LogP contribution in [0.5, 0.6) is 5.75 Å². The molecule has 0 aliphatic carbocycles. The Morgan fingerprint density at radius 1 is 1.00 bits per heavy atom. The summed E-state index contributed by atoms with van der Waals surface area (Å²) >= 11 is 0. The van der Waals surface area contributed by atoms with E-state index in [9.17, 15) is 22.8 Å². The number of alkyl halides is 3. The van der Waals surface area contributed by atoms with E-state index in [0.29, 0.717) is 49.2 Å². The number of halogens is 3. The molecule has 2 heterocycles. The largest absolute Gasteiger partial charge is 0.573 e. The van der Waals surface area contributed by atoms with Gasteiger partial charge < -0.3 is 25.0 Å². The van der Waals surface area contributed by atoms with Gasteiger partial charge in [-0.1, -0.05) is 0 Å². The molecule has 1 saturated heterocycles. The lowest BCUT2D eigenvalue weighted by molar-refractivity contribution is -0.274. The SMILES string of the molecule is Cn1c(-c2ccc(NC(=O)Nc3ccc(OC(F)(F)F)cc3)cc2)nc(N2CCOCC2)cc1=O. The Morgan fingerprint density at radius 2 is 1.57 bits per heavy atom. The molecule has 2 amide bonds. The number of urea groups is 1. The molecule has 0 radical (unpaired) electrons. The monoisotopic (exact) mass is 489 g/mol. The molecule has 3 aromatic rings. The highest BCUT2D eigenvalue weighted by Gasteiger charge is 2.31. The van der Waals surface area contributed by atoms with Crippen LogP contribution in [0, 0.1) is 0 Å². The fraction of sp³-hybridized carbons (Fsp3) is 0.261. The molecule has 1 aliphatic rings. The van der Waals surface area contributed by atoms with Crippen molar-refractivity contribution in [1.82, 2.24) is 9.55 Å². The molecule has 0 atom stereocenters. The average molecular weight is 489 g/mol. The maximum atomic E-state index is 12.5. The Hall–Kier alpha value is -4.06. The van der Waals surface area contributed by atoms with E-state index >= 15 is 0 Å². The van der Waals surface area contributed by atoms with E-state index < -0.39 is 12.4 Å². The summed E-state index contributed by atoms with van der Waals surface area (Å²) in [6.07, 6.45) is -4.79. The Labute approximate surface area is 198 Å². The lowest BCUT2D eigenvalue weighted by atomic mass is 10.2. The Balaban J connectivity index is 1.42. The number of nitrogens with one attached hydrogen (secondary N) is 2. The molecule has 184 valence electrons. The third-order valence-electron chi connectivity index (χ3n) is 5.20. The summed E-state index contributed by atoms with van der Waals surface area (Å²) < 4.78 is 47.4. The molecule has 1 fully saturated rings. The highest BCUT2D eigenvalue weighted by molar-refractivity contribution is 5.99. The first-order chi connectivity index (χ1) is 16.7. The molecule has 2 N–H and O–H groups in total. The number of hydrogen-bond acceptors (Lipinski definition) is 6. The van der Waals surface area contributed by atoms with E-state index in [-0.39, 0.29) is 17.0 Å². The minimum absolute atomic E-state index is 0.190. The number of aromatic nitrogens is 2. The van der Waals surface area contributed by atoms with Crippen molar-refractivity contribution in [3.63, 3.8) is 0 Å². The van der Waals surface area contributed by atoms with Crippen molar-refractivity contribution in [2.45, 2.75) is 6.36 Å². The van der Waals surface area contributed by atoms with Crippen LogP contribution in [0.25, 0.3) is 11.4 Å². The van der Waals surface area contributed by atoms with Gasteiger partial charge in [-0.2, -0.15) is 0 Å². The van der Waals surface area contributed by atoms with Crippen LogP contribution in [0.3, 0.4) is 0 Å². The molecule has 1 aliphatic heterocycles. The van der Waals surface area contributed by atoms with Crippen molar-refractivity contribution in [3.05, 3.63) is 65.0 Å². The number of anilines is 3. The van der Waals surface area contributed by atoms with E-state index in [1.54, 1.807) is 31.3 Å². The van der Waals surface area contributed by atoms with Gasteiger partial charge in [-0.25, -0.2) is 9.78 Å². The second-order valence-electron chi connectivity index (χ2n) is 7.66. The molecule has 35 heavy (non-hydrogen) atoms. The molecule has 0 spiro atoms. The number of nitrogens with zero attached hydrogens (tertiary/aromatic N) is 3. The summed E-state index contributed by atoms with van der Waals surface area (Å²) in [6, 6.07) is 12.5. The molecular formula is C23H22F3N5O4. The van der Waals surface area contributed by atoms with Crippen molar-refractivity contribution in [3.8, 4) is 17.1 Å². The zero-order valence-electron chi connectivity index (χ0n) is 18.6. The van der Waals surface area contributed by atoms with Gasteiger partial charge >= 0.3 is 12.4 Å². The second-order valence-corrected chi connectivity index (χ2v) is 7.66. The fourth-order valence-electron chi connectivity index (χ4n) is 3.48. The lowest BCUT2D eigenvalue weighted by Crippen LogP contribution is -2.38. The first kappa shape index (κ1) is 24.1. The molecule has 4 rings (SSSR count). The molecule has 0 saturated carbocycles. The van der Waals surface area contributed by atoms with E-state index in [2.05, 4.69) is 20.4 Å². The molecule has 9 nitrogen and oxygen atoms in total. The van der Waals surface area contributed by atoms with Crippen LogP contribution in [-0.2, 0) is 11.8 Å². The van der Waals surface area contributed by atoms with Crippen molar-refractivity contribution < 1.29 is 27.4 Å². The first-order valence-corrected chi connectivity index (χ1v) is 10.6. The maximum absolute atomic E-state index is 12.5. The molecule has 1 aromatic heterocycles. The number of carbonyl (C=O) groups excluding carboxylic acids is 1. The number of rotatable bonds is 5. The Bertz CT molecular complexity index is 1240. The van der Waals surface area contributed by atoms with Crippen molar-refractivity contribution in [2.75, 3.05) is 41.8 Å². The summed E-state index contributed by atoms with van der Waals surface area (Å²) in [5.74, 6) is 0.676. The van der Waals surface area contributed by atoms with Crippen LogP contribution in [0.2, 0.25) is 0 Å². The van der Waals surface area contributed by atoms with Gasteiger partial charge in [0.05, 0.1) is 13.2 Å². The zero-order chi connectivity index (χ0) is 25.0. The minimum atomic E-state index is -4.79. The summed E-state index contributed by atoms with van der Waals surface area (Å²) in [5, 5.41) is 5.17. The van der Waals surface area contributed by atoms with Crippen LogP contribution < -0.4 is 25.8 Å². The highest BCUT2D eigenvalue weighted by atomic mass is 19.4. The Kier molecular flexibility index (Phi) is 6.92. The van der Waals surface area contributed by atoms with Crippen LogP contribution in [0.4, 0.5) is 35.2 Å². The summed E-state index contributed by atoms with van der Waals surface area (Å²) in [7, 11) is 1.64. The minimum Gasteiger partial charge on any atom is -0.406 e. The highest BCUT2D eigenvalue weighted by Crippen LogP contribution is 2.24. The average Bonchev–Trinajstić information content (AvgIpc) is 2.82. The van der Waals surface area contributed by atoms with E-state index in [1.165, 1.54) is 22.8 Å². The lowest BCUT2D eigenvalue weighted by Gasteiger charge is -2.28. The van der Waals surface area contributed by atoms with Gasteiger partial charge in [-0.3, -0.25) is 9.36 Å². The quantitative estimate of drug-likeness (QED) is 0.566. The predicted octanol–water partition coefficient (Wildman–Crippen LogP) is 3.83. The fourth-order valence-corrected chi connectivity index (χ4v) is 3.48. The maximum Gasteiger partial charge on any atom is 0.573 e. The van der Waals surface area contributed by atoms with Gasteiger partial charge in [-0.05, 0) is 48.5 Å². The Morgan fingerprint density at radius 3 is 2.14 bits per heavy atom. The number of hydrogen-bond donors (Lipinski definition) is 2. The number of morpholine rings is 1. The van der Waals surface area contributed by atoms with E-state index in [0.717, 1.165) is 12.1 Å². The molecule has 2 aromatic carbocycles. The van der Waals surface area contributed by atoms with Gasteiger partial charge in [0.2, 0.25) is 0 Å². The third kappa shape index (κ3) is 6.29. The van der Waals surface area contributed by atoms with Gasteiger partial charge in [0.15, 0.2) is 0 Å². The van der Waals surface area contributed by atoms with Crippen molar-refractivity contribution in [2.24, 2.45) is 7.05 Å². The second kappa shape index (κ2) is 10.1. The molecule has 12 heteroatoms. The summed E-state index contributed by atoms with van der Waals surface area (Å²) in [6.45, 7) is 2.44. The standard InChI is InChI=1S/C23H22F3N5O4/c1-30-20(32)14-19(31-10-12-34-13-11-31)29-21(30)15-2-4-16(5-3-15)27-22(33)28-17-6-8-18(9-7-17)35-23(24,25)26/h2-9,14H,10-13H2,1H3,(H2,27,28,33). The number of ether oxygens (including phenoxy) is 2. The third-order valence-corrected chi connectivity index (χ3v) is 5.20. The van der Waals surface area contributed by atoms with Gasteiger partial charge in [-0.15, -0.1) is 13.2 Å². The van der Waals surface area contributed by atoms with Gasteiger partial charge in [0, 0.05) is 43.1 Å². The van der Waals surface area contributed by atoms with Crippen LogP contribution in [0.1, 0.15) is 0 Å². The summed E-state index contributed by atoms with van der Waals surface area (Å²) in [4.78, 5) is 31.4. The van der Waals surface area contributed by atoms with Crippen molar-refractivity contribution >= 4 is 23.2 Å². The van der Waals surface area contributed by atoms with Gasteiger partial charge in [0.25, 0.3) is 5.56 Å². The number of carbonyl (C=O) groups is 1. The molecule has 0 bridgehead atoms. The summed E-state index contributed by atoms with van der Waals surface area (Å²) in [5.41, 5.74) is 1.25. The predicted molar refractivity (Wildman–Crippen MR) is 124 cm³/mol. The molecular weight excluding hydrogens is 467 g/mol. The topological polar surface area (TPSA) is 97.7 Å². The number of benzene rings is 2. The normalized spacial score (nSPS) is 13.9. The number of amides is 2. The van der Waals surface area contributed by atoms with E-state index in [4.69, 9.17) is 4.74 Å². The van der Waals surface area contributed by atoms with Gasteiger partial charge in [0.1, 0.15) is 17.4 Å². The van der Waals surface area contributed by atoms with Crippen molar-refractivity contribution in [1.29, 1.82) is 0 Å². The van der Waals surface area contributed by atoms with Crippen LogP contribution in [0.15, 0.2) is 59.4 Å². The van der Waals surface area contributed by atoms with E-state index in [1.807, 2.05) is 4.90 Å². The zero-order valence-corrected chi connectivity index (χ0v) is 18.6. The van der Waals surface area contributed by atoms with Crippen LogP contribution in [-0.4, -0.2) is 48.2 Å². The molecule has 0 unspecified atom stereocenters. The van der Waals surface area contributed by atoms with Crippen LogP contribution >= 0.6 is 0 Å². The first-order valence-electron chi connectivity index (χ1n) is 10.6. The smallest absolute Gasteiger partial charge is 0.406 e.